The number of allylic oxidation sites excluding steroid dienone is 6. The van der Waals surface area contributed by atoms with Gasteiger partial charge in [-0.3, -0.25) is 14.1 Å². The molecule has 0 heterocycles. The van der Waals surface area contributed by atoms with Crippen LogP contribution in [-0.2, 0) is 26.7 Å². The normalized spacial score (nSPS) is 17.0. The Labute approximate surface area is 337 Å². The summed E-state index contributed by atoms with van der Waals surface area (Å²) in [5.41, 5.74) is 9.80. The Morgan fingerprint density at radius 1 is 0.875 bits per heavy atom. The maximum Gasteiger partial charge on any atom is 0.266 e. The van der Waals surface area contributed by atoms with Crippen LogP contribution in [-0.4, -0.2) is 37.1 Å². The number of hydrogen-bond donors (Lipinski definition) is 3. The molecule has 0 radical (unpaired) electrons. The van der Waals surface area contributed by atoms with Crippen molar-refractivity contribution in [3.63, 3.8) is 0 Å². The minimum Gasteiger partial charge on any atom is -0.351 e. The van der Waals surface area contributed by atoms with E-state index in [0.717, 1.165) is 53.6 Å². The summed E-state index contributed by atoms with van der Waals surface area (Å²) in [5, 5.41) is 5.81. The zero-order chi connectivity index (χ0) is 41.7. The maximum absolute atomic E-state index is 14.2. The van der Waals surface area contributed by atoms with Gasteiger partial charge in [0.15, 0.2) is 0 Å². The van der Waals surface area contributed by atoms with E-state index in [1.54, 1.807) is 12.1 Å². The third-order valence-electron chi connectivity index (χ3n) is 10.5. The molecular formula is C48H66N2O5S. The lowest BCUT2D eigenvalue weighted by Gasteiger charge is -2.33. The third kappa shape index (κ3) is 13.4. The van der Waals surface area contributed by atoms with E-state index >= 15 is 0 Å². The Bertz CT molecular complexity index is 1950. The van der Waals surface area contributed by atoms with Gasteiger partial charge in [0.2, 0.25) is 5.91 Å². The van der Waals surface area contributed by atoms with Crippen molar-refractivity contribution in [2.24, 2.45) is 11.3 Å². The molecule has 2 aliphatic carbocycles. The van der Waals surface area contributed by atoms with Crippen LogP contribution in [0.5, 0.6) is 0 Å². The van der Waals surface area contributed by atoms with E-state index in [2.05, 4.69) is 107 Å². The van der Waals surface area contributed by atoms with Gasteiger partial charge < -0.3 is 10.6 Å². The number of carbonyl (C=O) groups excluding carboxylic acids is 2. The standard InChI is InChI=1S/C44H54N2O5S.2C2H6/c1-7-31-29-38(20-21-39(31)35-22-24-44(5,6)25-23-35)46-42(48)40(28-30-8-10-36(11-9-30)41(47)45-26-27-52(49,50)51)34-14-12-32(13-15-34)33-16-18-37(19-17-33)43(2,3)4;2*1-2/h8-22,31,40H,7,23-29H2,1-6H3,(H,45,47)(H,46,48)(H,49,50,51);2*1-2H3/t31?,40-;;/m1../s1. The van der Waals surface area contributed by atoms with Crippen molar-refractivity contribution in [2.45, 2.75) is 119 Å². The fourth-order valence-electron chi connectivity index (χ4n) is 7.04. The average Bonchev–Trinajstić information content (AvgIpc) is 3.18. The molecule has 0 bridgehead atoms. The van der Waals surface area contributed by atoms with Crippen molar-refractivity contribution in [1.29, 1.82) is 0 Å². The number of nitrogens with one attached hydrogen (secondary N) is 2. The molecule has 5 rings (SSSR count). The van der Waals surface area contributed by atoms with E-state index in [1.807, 2.05) is 52.0 Å². The van der Waals surface area contributed by atoms with Gasteiger partial charge in [0.05, 0.1) is 11.7 Å². The highest BCUT2D eigenvalue weighted by atomic mass is 32.2. The number of carbonyl (C=O) groups is 2. The second kappa shape index (κ2) is 20.8. The minimum atomic E-state index is -4.17. The molecule has 2 atom stereocenters. The molecule has 3 aromatic rings. The van der Waals surface area contributed by atoms with E-state index in [0.29, 0.717) is 23.3 Å². The first-order valence-corrected chi connectivity index (χ1v) is 22.1. The summed E-state index contributed by atoms with van der Waals surface area (Å²) in [7, 11) is -4.17. The van der Waals surface area contributed by atoms with E-state index in [1.165, 1.54) is 23.1 Å². The molecule has 3 N–H and O–H groups in total. The molecule has 2 aliphatic rings. The molecule has 0 saturated heterocycles. The lowest BCUT2D eigenvalue weighted by atomic mass is 9.73. The zero-order valence-corrected chi connectivity index (χ0v) is 36.3. The molecule has 2 amide bonds. The van der Waals surface area contributed by atoms with Crippen LogP contribution in [0.1, 0.15) is 134 Å². The van der Waals surface area contributed by atoms with Gasteiger partial charge in [0.1, 0.15) is 0 Å². The van der Waals surface area contributed by atoms with Crippen LogP contribution in [0.15, 0.2) is 108 Å². The molecule has 304 valence electrons. The van der Waals surface area contributed by atoms with Crippen molar-refractivity contribution >= 4 is 21.9 Å². The number of benzene rings is 3. The Hall–Kier alpha value is -4.27. The lowest BCUT2D eigenvalue weighted by molar-refractivity contribution is -0.121. The lowest BCUT2D eigenvalue weighted by Crippen LogP contribution is -2.32. The van der Waals surface area contributed by atoms with Gasteiger partial charge in [0.25, 0.3) is 16.0 Å². The Balaban J connectivity index is 0.00000204. The molecule has 3 aromatic carbocycles. The summed E-state index contributed by atoms with van der Waals surface area (Å²) in [6, 6.07) is 23.8. The van der Waals surface area contributed by atoms with Gasteiger partial charge in [-0.25, -0.2) is 0 Å². The Kier molecular flexibility index (Phi) is 17.1. The molecule has 1 unspecified atom stereocenters. The number of hydrogen-bond acceptors (Lipinski definition) is 4. The first-order valence-electron chi connectivity index (χ1n) is 20.5. The largest absolute Gasteiger partial charge is 0.351 e. The van der Waals surface area contributed by atoms with Crippen molar-refractivity contribution in [2.75, 3.05) is 12.3 Å². The SMILES string of the molecule is CC.CC.CCC1CC(NC(=O)[C@H](Cc2ccc(C(=O)NCCS(=O)(=O)O)cc2)c2ccc(-c3ccc(C(C)(C)C)cc3)cc2)=CC=C1C1=CCC(C)(C)CC1. The van der Waals surface area contributed by atoms with Gasteiger partial charge in [-0.15, -0.1) is 0 Å². The fraction of sp³-hybridized carbons (Fsp3) is 0.458. The van der Waals surface area contributed by atoms with Crippen LogP contribution in [0.3, 0.4) is 0 Å². The Morgan fingerprint density at radius 2 is 1.46 bits per heavy atom. The van der Waals surface area contributed by atoms with Crippen molar-refractivity contribution in [1.82, 2.24) is 10.6 Å². The van der Waals surface area contributed by atoms with Gasteiger partial charge in [-0.2, -0.15) is 8.42 Å². The van der Waals surface area contributed by atoms with Crippen molar-refractivity contribution in [3.05, 3.63) is 130 Å². The second-order valence-corrected chi connectivity index (χ2v) is 17.7. The summed E-state index contributed by atoms with van der Waals surface area (Å²) in [6.07, 6.45) is 12.3. The van der Waals surface area contributed by atoms with Crippen LogP contribution in [0, 0.1) is 11.3 Å². The average molecular weight is 783 g/mol. The topological polar surface area (TPSA) is 113 Å². The summed E-state index contributed by atoms with van der Waals surface area (Å²) in [6.45, 7) is 21.3. The molecule has 0 aromatic heterocycles. The van der Waals surface area contributed by atoms with Crippen LogP contribution in [0.2, 0.25) is 0 Å². The van der Waals surface area contributed by atoms with Crippen LogP contribution in [0.25, 0.3) is 11.1 Å². The minimum absolute atomic E-state index is 0.0701. The van der Waals surface area contributed by atoms with Crippen LogP contribution in [0.4, 0.5) is 0 Å². The summed E-state index contributed by atoms with van der Waals surface area (Å²) in [4.78, 5) is 26.8. The van der Waals surface area contributed by atoms with E-state index in [-0.39, 0.29) is 17.9 Å². The zero-order valence-electron chi connectivity index (χ0n) is 35.5. The molecule has 56 heavy (non-hydrogen) atoms. The second-order valence-electron chi connectivity index (χ2n) is 16.2. The fourth-order valence-corrected chi connectivity index (χ4v) is 7.40. The summed E-state index contributed by atoms with van der Waals surface area (Å²) >= 11 is 0. The van der Waals surface area contributed by atoms with Crippen LogP contribution < -0.4 is 10.6 Å². The highest BCUT2D eigenvalue weighted by Gasteiger charge is 2.29. The van der Waals surface area contributed by atoms with Gasteiger partial charge in [-0.05, 0) is 112 Å². The van der Waals surface area contributed by atoms with Crippen LogP contribution >= 0.6 is 0 Å². The Morgan fingerprint density at radius 3 is 1.98 bits per heavy atom. The predicted molar refractivity (Wildman–Crippen MR) is 233 cm³/mol. The van der Waals surface area contributed by atoms with E-state index in [4.69, 9.17) is 4.55 Å². The predicted octanol–water partition coefficient (Wildman–Crippen LogP) is 11.1. The highest BCUT2D eigenvalue weighted by Crippen LogP contribution is 2.41. The van der Waals surface area contributed by atoms with Crippen molar-refractivity contribution in [3.8, 4) is 11.1 Å². The maximum atomic E-state index is 14.2. The number of rotatable bonds is 12. The monoisotopic (exact) mass is 782 g/mol. The summed E-state index contributed by atoms with van der Waals surface area (Å²) in [5.74, 6) is -1.21. The molecule has 8 heteroatoms. The van der Waals surface area contributed by atoms with E-state index < -0.39 is 27.7 Å². The molecule has 7 nitrogen and oxygen atoms in total. The quantitative estimate of drug-likeness (QED) is 0.158. The van der Waals surface area contributed by atoms with Gasteiger partial charge in [0, 0.05) is 17.8 Å². The van der Waals surface area contributed by atoms with Crippen molar-refractivity contribution < 1.29 is 22.6 Å². The van der Waals surface area contributed by atoms with Gasteiger partial charge in [-0.1, -0.05) is 142 Å². The van der Waals surface area contributed by atoms with E-state index in [9.17, 15) is 18.0 Å². The first-order chi connectivity index (χ1) is 26.5. The molecule has 0 spiro atoms. The molecule has 0 saturated carbocycles. The van der Waals surface area contributed by atoms with Gasteiger partial charge >= 0.3 is 0 Å². The molecular weight excluding hydrogens is 717 g/mol. The smallest absolute Gasteiger partial charge is 0.266 e. The molecule has 0 fully saturated rings. The first kappa shape index (κ1) is 46.1. The molecule has 0 aliphatic heterocycles. The number of amides is 2. The summed E-state index contributed by atoms with van der Waals surface area (Å²) < 4.78 is 31.0. The highest BCUT2D eigenvalue weighted by molar-refractivity contribution is 7.85. The third-order valence-corrected chi connectivity index (χ3v) is 11.2.